The van der Waals surface area contributed by atoms with E-state index in [-0.39, 0.29) is 18.2 Å². The lowest BCUT2D eigenvalue weighted by molar-refractivity contribution is -0.133. The first-order chi connectivity index (χ1) is 15.5. The van der Waals surface area contributed by atoms with Crippen molar-refractivity contribution in [3.8, 4) is 0 Å². The fourth-order valence-corrected chi connectivity index (χ4v) is 6.63. The molecule has 3 N–H and O–H groups in total. The fourth-order valence-electron chi connectivity index (χ4n) is 6.63. The summed E-state index contributed by atoms with van der Waals surface area (Å²) in [6.45, 7) is 4.44. The van der Waals surface area contributed by atoms with Crippen molar-refractivity contribution in [1.82, 2.24) is 25.8 Å². The monoisotopic (exact) mass is 449 g/mol. The predicted octanol–water partition coefficient (Wildman–Crippen LogP) is 1.99. The number of ether oxygens (including phenoxy) is 1. The van der Waals surface area contributed by atoms with E-state index in [1.165, 1.54) is 51.4 Å². The third kappa shape index (κ3) is 6.23. The second-order valence-corrected chi connectivity index (χ2v) is 11.1. The topological polar surface area (TPSA) is 68.9 Å². The normalized spacial score (nSPS) is 39.2. The molecule has 0 aromatic heterocycles. The Kier molecular flexibility index (Phi) is 8.85. The van der Waals surface area contributed by atoms with Crippen LogP contribution in [-0.4, -0.2) is 87.6 Å². The maximum absolute atomic E-state index is 12.5. The van der Waals surface area contributed by atoms with Gasteiger partial charge in [0.1, 0.15) is 6.29 Å². The highest BCUT2D eigenvalue weighted by Crippen LogP contribution is 2.32. The summed E-state index contributed by atoms with van der Waals surface area (Å²) in [6, 6.07) is 0.719. The zero-order chi connectivity index (χ0) is 22.5. The molecule has 4 aliphatic rings. The number of likely N-dealkylation sites (N-methyl/N-ethyl adjacent to an activating group) is 1. The quantitative estimate of drug-likeness (QED) is 0.552. The SMILES string of the molecule is COC1CCC(C2CNC(NC3CCC(CN4CCC[C@H]4C(=O)N(C)C)CC3)NC2)CC1. The zero-order valence-electron chi connectivity index (χ0n) is 20.7. The van der Waals surface area contributed by atoms with Crippen LogP contribution in [-0.2, 0) is 9.53 Å². The summed E-state index contributed by atoms with van der Waals surface area (Å²) >= 11 is 0. The van der Waals surface area contributed by atoms with Crippen molar-refractivity contribution in [3.05, 3.63) is 0 Å². The number of hydrogen-bond donors (Lipinski definition) is 3. The standard InChI is InChI=1S/C25H47N5O2/c1-29(2)24(31)23-5-4-14-30(23)17-18-6-10-21(11-7-18)28-25-26-15-20(16-27-25)19-8-12-22(32-3)13-9-19/h18-23,25-28H,4-17H2,1-3H3/t18?,19?,20?,21?,22?,23-,25?/m0/s1. The number of rotatable bonds is 7. The van der Waals surface area contributed by atoms with E-state index in [0.29, 0.717) is 12.1 Å². The molecule has 1 atom stereocenters. The number of likely N-dealkylation sites (tertiary alicyclic amines) is 1. The first-order valence-electron chi connectivity index (χ1n) is 13.2. The van der Waals surface area contributed by atoms with Crippen molar-refractivity contribution in [2.45, 2.75) is 88.7 Å². The van der Waals surface area contributed by atoms with Crippen LogP contribution in [0.1, 0.15) is 64.2 Å². The van der Waals surface area contributed by atoms with Gasteiger partial charge in [0.05, 0.1) is 12.1 Å². The molecule has 0 spiro atoms. The number of nitrogens with one attached hydrogen (secondary N) is 3. The lowest BCUT2D eigenvalue weighted by atomic mass is 9.78. The Bertz CT molecular complexity index is 579. The van der Waals surface area contributed by atoms with Crippen LogP contribution in [0.2, 0.25) is 0 Å². The molecule has 184 valence electrons. The predicted molar refractivity (Wildman–Crippen MR) is 128 cm³/mol. The van der Waals surface area contributed by atoms with Gasteiger partial charge in [-0.25, -0.2) is 0 Å². The third-order valence-electron chi connectivity index (χ3n) is 8.72. The van der Waals surface area contributed by atoms with E-state index in [9.17, 15) is 4.79 Å². The smallest absolute Gasteiger partial charge is 0.239 e. The molecule has 32 heavy (non-hydrogen) atoms. The number of methoxy groups -OCH3 is 1. The van der Waals surface area contributed by atoms with Crippen LogP contribution in [0.25, 0.3) is 0 Å². The molecule has 0 aromatic rings. The number of amides is 1. The van der Waals surface area contributed by atoms with E-state index in [4.69, 9.17) is 4.74 Å². The second kappa shape index (κ2) is 11.6. The lowest BCUT2D eigenvalue weighted by Gasteiger charge is -2.41. The minimum atomic E-state index is 0.119. The van der Waals surface area contributed by atoms with Gasteiger partial charge in [-0.3, -0.25) is 25.6 Å². The average molecular weight is 450 g/mol. The first-order valence-corrected chi connectivity index (χ1v) is 13.2. The Morgan fingerprint density at radius 1 is 0.969 bits per heavy atom. The van der Waals surface area contributed by atoms with Crippen LogP contribution in [0.3, 0.4) is 0 Å². The maximum atomic E-state index is 12.5. The third-order valence-corrected chi connectivity index (χ3v) is 8.72. The van der Waals surface area contributed by atoms with Crippen LogP contribution in [0.4, 0.5) is 0 Å². The fraction of sp³-hybridized carbons (Fsp3) is 0.960. The molecule has 0 bridgehead atoms. The summed E-state index contributed by atoms with van der Waals surface area (Å²) in [5, 5.41) is 11.3. The van der Waals surface area contributed by atoms with Crippen molar-refractivity contribution in [2.75, 3.05) is 47.4 Å². The highest BCUT2D eigenvalue weighted by atomic mass is 16.5. The van der Waals surface area contributed by atoms with Gasteiger partial charge in [-0.15, -0.1) is 0 Å². The highest BCUT2D eigenvalue weighted by Gasteiger charge is 2.35. The summed E-state index contributed by atoms with van der Waals surface area (Å²) in [4.78, 5) is 16.7. The molecule has 4 fully saturated rings. The van der Waals surface area contributed by atoms with E-state index >= 15 is 0 Å². The van der Waals surface area contributed by atoms with Crippen LogP contribution >= 0.6 is 0 Å². The second-order valence-electron chi connectivity index (χ2n) is 11.1. The minimum Gasteiger partial charge on any atom is -0.381 e. The summed E-state index contributed by atoms with van der Waals surface area (Å²) < 4.78 is 5.54. The van der Waals surface area contributed by atoms with Crippen molar-refractivity contribution in [1.29, 1.82) is 0 Å². The molecule has 7 nitrogen and oxygen atoms in total. The van der Waals surface area contributed by atoms with E-state index in [1.54, 1.807) is 4.90 Å². The van der Waals surface area contributed by atoms with Gasteiger partial charge in [-0.1, -0.05) is 0 Å². The van der Waals surface area contributed by atoms with Gasteiger partial charge >= 0.3 is 0 Å². The van der Waals surface area contributed by atoms with Crippen LogP contribution in [0.5, 0.6) is 0 Å². The molecule has 1 amide bonds. The van der Waals surface area contributed by atoms with Crippen LogP contribution in [0.15, 0.2) is 0 Å². The van der Waals surface area contributed by atoms with Gasteiger partial charge in [-0.05, 0) is 88.5 Å². The van der Waals surface area contributed by atoms with Gasteiger partial charge in [-0.2, -0.15) is 0 Å². The van der Waals surface area contributed by atoms with Gasteiger partial charge in [0.15, 0.2) is 0 Å². The Morgan fingerprint density at radius 2 is 1.66 bits per heavy atom. The molecule has 2 heterocycles. The van der Waals surface area contributed by atoms with E-state index in [0.717, 1.165) is 56.8 Å². The number of hydrogen-bond acceptors (Lipinski definition) is 6. The molecular weight excluding hydrogens is 402 g/mol. The molecule has 0 radical (unpaired) electrons. The Balaban J connectivity index is 1.13. The number of carbonyl (C=O) groups excluding carboxylic acids is 1. The Hall–Kier alpha value is -0.730. The largest absolute Gasteiger partial charge is 0.381 e. The summed E-state index contributed by atoms with van der Waals surface area (Å²) in [5.74, 6) is 2.62. The maximum Gasteiger partial charge on any atom is 0.239 e. The Labute approximate surface area is 195 Å². The van der Waals surface area contributed by atoms with Gasteiger partial charge in [0.25, 0.3) is 0 Å². The van der Waals surface area contributed by atoms with E-state index in [1.807, 2.05) is 21.2 Å². The highest BCUT2D eigenvalue weighted by molar-refractivity contribution is 5.81. The van der Waals surface area contributed by atoms with Crippen molar-refractivity contribution in [3.63, 3.8) is 0 Å². The first kappa shape index (κ1) is 24.4. The van der Waals surface area contributed by atoms with Crippen molar-refractivity contribution in [2.24, 2.45) is 17.8 Å². The summed E-state index contributed by atoms with van der Waals surface area (Å²) in [5.41, 5.74) is 0. The molecule has 2 aliphatic carbocycles. The molecule has 4 rings (SSSR count). The summed E-state index contributed by atoms with van der Waals surface area (Å²) in [6.07, 6.45) is 13.0. The van der Waals surface area contributed by atoms with Gasteiger partial charge in [0, 0.05) is 46.9 Å². The minimum absolute atomic E-state index is 0.119. The molecule has 2 aliphatic heterocycles. The number of nitrogens with zero attached hydrogens (tertiary/aromatic N) is 2. The Morgan fingerprint density at radius 3 is 2.28 bits per heavy atom. The lowest BCUT2D eigenvalue weighted by Crippen LogP contribution is -2.63. The van der Waals surface area contributed by atoms with Crippen molar-refractivity contribution < 1.29 is 9.53 Å². The van der Waals surface area contributed by atoms with Gasteiger partial charge < -0.3 is 9.64 Å². The molecule has 7 heteroatoms. The van der Waals surface area contributed by atoms with E-state index < -0.39 is 0 Å². The molecule has 2 saturated carbocycles. The van der Waals surface area contributed by atoms with Crippen LogP contribution < -0.4 is 16.0 Å². The van der Waals surface area contributed by atoms with Gasteiger partial charge in [0.2, 0.25) is 5.91 Å². The molecular formula is C25H47N5O2. The number of carbonyl (C=O) groups is 1. The molecule has 0 unspecified atom stereocenters. The zero-order valence-corrected chi connectivity index (χ0v) is 20.7. The molecule has 0 aromatic carbocycles. The average Bonchev–Trinajstić information content (AvgIpc) is 3.28. The summed E-state index contributed by atoms with van der Waals surface area (Å²) in [7, 11) is 5.63. The van der Waals surface area contributed by atoms with Crippen LogP contribution in [0, 0.1) is 17.8 Å². The van der Waals surface area contributed by atoms with Crippen molar-refractivity contribution >= 4 is 5.91 Å². The molecule has 2 saturated heterocycles. The van der Waals surface area contributed by atoms with E-state index in [2.05, 4.69) is 20.9 Å².